The molecule has 0 aliphatic carbocycles. The highest BCUT2D eigenvalue weighted by atomic mass is 16.2. The number of nitrogens with one attached hydrogen (secondary N) is 3. The number of nitrogens with zero attached hydrogens (tertiary/aromatic N) is 1. The minimum absolute atomic E-state index is 0.0825. The third-order valence-electron chi connectivity index (χ3n) is 6.09. The highest BCUT2D eigenvalue weighted by Gasteiger charge is 2.26. The van der Waals surface area contributed by atoms with Crippen molar-refractivity contribution in [2.24, 2.45) is 0 Å². The molecule has 0 atom stereocenters. The molecule has 2 heterocycles. The summed E-state index contributed by atoms with van der Waals surface area (Å²) in [5.41, 5.74) is 6.64. The fraction of sp³-hybridized carbons (Fsp3) is 0.440. The second-order valence-electron chi connectivity index (χ2n) is 8.42. The van der Waals surface area contributed by atoms with Crippen LogP contribution in [-0.4, -0.2) is 47.9 Å². The lowest BCUT2D eigenvalue weighted by atomic mass is 9.98. The van der Waals surface area contributed by atoms with E-state index in [1.54, 1.807) is 0 Å². The van der Waals surface area contributed by atoms with Gasteiger partial charge < -0.3 is 20.5 Å². The summed E-state index contributed by atoms with van der Waals surface area (Å²) in [6.45, 7) is 15.7. The number of amides is 2. The number of carbonyl (C=O) groups excluding carboxylic acids is 2. The topological polar surface area (TPSA) is 77.2 Å². The van der Waals surface area contributed by atoms with E-state index in [1.165, 1.54) is 5.56 Å². The molecule has 3 rings (SSSR count). The van der Waals surface area contributed by atoms with Crippen LogP contribution >= 0.6 is 0 Å². The monoisotopic (exact) mass is 422 g/mol. The van der Waals surface area contributed by atoms with Gasteiger partial charge in [-0.3, -0.25) is 9.59 Å². The average Bonchev–Trinajstić information content (AvgIpc) is 3.20. The van der Waals surface area contributed by atoms with Gasteiger partial charge in [0, 0.05) is 35.7 Å². The van der Waals surface area contributed by atoms with Gasteiger partial charge in [-0.05, 0) is 56.1 Å². The van der Waals surface area contributed by atoms with E-state index >= 15 is 0 Å². The fourth-order valence-corrected chi connectivity index (χ4v) is 4.07. The number of likely N-dealkylation sites (N-methyl/N-ethyl adjacent to an activating group) is 1. The maximum atomic E-state index is 12.8. The number of rotatable bonds is 8. The number of hydrogen-bond acceptors (Lipinski definition) is 3. The molecule has 0 fully saturated rings. The van der Waals surface area contributed by atoms with E-state index in [0.717, 1.165) is 47.8 Å². The number of benzene rings is 1. The summed E-state index contributed by atoms with van der Waals surface area (Å²) < 4.78 is 0. The zero-order chi connectivity index (χ0) is 22.7. The summed E-state index contributed by atoms with van der Waals surface area (Å²) in [4.78, 5) is 31.0. The van der Waals surface area contributed by atoms with Gasteiger partial charge in [0.2, 0.25) is 0 Å². The lowest BCUT2D eigenvalue weighted by Crippen LogP contribution is -2.35. The van der Waals surface area contributed by atoms with Crippen molar-refractivity contribution in [1.82, 2.24) is 15.2 Å². The molecule has 166 valence electrons. The molecule has 31 heavy (non-hydrogen) atoms. The number of aromatic amines is 1. The van der Waals surface area contributed by atoms with Crippen LogP contribution in [0, 0.1) is 13.8 Å². The van der Waals surface area contributed by atoms with Crippen LogP contribution in [-0.2, 0) is 4.79 Å². The molecule has 6 heteroatoms. The van der Waals surface area contributed by atoms with Gasteiger partial charge in [0.25, 0.3) is 11.8 Å². The molecule has 2 amide bonds. The Morgan fingerprint density at radius 2 is 1.90 bits per heavy atom. The molecule has 0 radical (unpaired) electrons. The highest BCUT2D eigenvalue weighted by molar-refractivity contribution is 6.35. The minimum atomic E-state index is -0.118. The summed E-state index contributed by atoms with van der Waals surface area (Å²) in [6.07, 6.45) is 1.85. The molecule has 0 spiro atoms. The largest absolute Gasteiger partial charge is 0.358 e. The molecule has 3 N–H and O–H groups in total. The van der Waals surface area contributed by atoms with Gasteiger partial charge in [0.05, 0.1) is 11.1 Å². The maximum Gasteiger partial charge on any atom is 0.256 e. The first-order chi connectivity index (χ1) is 14.8. The van der Waals surface area contributed by atoms with Gasteiger partial charge in [0.15, 0.2) is 0 Å². The number of anilines is 1. The van der Waals surface area contributed by atoms with E-state index in [9.17, 15) is 9.59 Å². The van der Waals surface area contributed by atoms with Crippen molar-refractivity contribution in [3.63, 3.8) is 0 Å². The molecule has 0 saturated heterocycles. The Bertz CT molecular complexity index is 1010. The molecule has 0 unspecified atom stereocenters. The number of hydrogen-bond donors (Lipinski definition) is 3. The highest BCUT2D eigenvalue weighted by Crippen LogP contribution is 2.35. The number of aromatic nitrogens is 1. The maximum absolute atomic E-state index is 12.8. The zero-order valence-corrected chi connectivity index (χ0v) is 19.5. The third-order valence-corrected chi connectivity index (χ3v) is 6.09. The molecule has 0 saturated carbocycles. The predicted octanol–water partition coefficient (Wildman–Crippen LogP) is 4.32. The second-order valence-corrected chi connectivity index (χ2v) is 8.42. The van der Waals surface area contributed by atoms with Crippen molar-refractivity contribution in [2.45, 2.75) is 47.5 Å². The normalized spacial score (nSPS) is 14.5. The van der Waals surface area contributed by atoms with Gasteiger partial charge in [0.1, 0.15) is 0 Å². The van der Waals surface area contributed by atoms with Crippen molar-refractivity contribution in [3.05, 3.63) is 51.8 Å². The Morgan fingerprint density at radius 1 is 1.19 bits per heavy atom. The Morgan fingerprint density at radius 3 is 2.55 bits per heavy atom. The van der Waals surface area contributed by atoms with Crippen LogP contribution < -0.4 is 10.6 Å². The minimum Gasteiger partial charge on any atom is -0.358 e. The van der Waals surface area contributed by atoms with Crippen molar-refractivity contribution in [1.29, 1.82) is 0 Å². The molecule has 1 aliphatic heterocycles. The molecular weight excluding hydrogens is 388 g/mol. The molecule has 2 aromatic rings. The Hall–Kier alpha value is -2.86. The van der Waals surface area contributed by atoms with E-state index in [1.807, 2.05) is 32.1 Å². The summed E-state index contributed by atoms with van der Waals surface area (Å²) in [5.74, 6) is 0.194. The van der Waals surface area contributed by atoms with Crippen molar-refractivity contribution >= 4 is 29.2 Å². The quantitative estimate of drug-likeness (QED) is 0.555. The molecule has 1 aromatic carbocycles. The van der Waals surface area contributed by atoms with Crippen molar-refractivity contribution < 1.29 is 9.59 Å². The van der Waals surface area contributed by atoms with Gasteiger partial charge in [-0.15, -0.1) is 0 Å². The summed E-state index contributed by atoms with van der Waals surface area (Å²) in [7, 11) is 0. The fourth-order valence-electron chi connectivity index (χ4n) is 4.07. The van der Waals surface area contributed by atoms with Crippen molar-refractivity contribution in [2.75, 3.05) is 31.5 Å². The molecule has 6 nitrogen and oxygen atoms in total. The lowest BCUT2D eigenvalue weighted by Gasteiger charge is -2.18. The van der Waals surface area contributed by atoms with E-state index in [4.69, 9.17) is 0 Å². The first-order valence-corrected chi connectivity index (χ1v) is 11.1. The first kappa shape index (κ1) is 22.8. The van der Waals surface area contributed by atoms with Crippen LogP contribution in [0.4, 0.5) is 5.69 Å². The summed E-state index contributed by atoms with van der Waals surface area (Å²) in [6, 6.07) is 6.11. The Balaban J connectivity index is 1.83. The number of aryl methyl sites for hydroxylation is 1. The number of H-pyrrole nitrogens is 1. The zero-order valence-electron chi connectivity index (χ0n) is 19.5. The summed E-state index contributed by atoms with van der Waals surface area (Å²) >= 11 is 0. The van der Waals surface area contributed by atoms with Crippen LogP contribution in [0.5, 0.6) is 0 Å². The molecular formula is C25H34N4O2. The third kappa shape index (κ3) is 4.74. The Kier molecular flexibility index (Phi) is 7.01. The van der Waals surface area contributed by atoms with Crippen molar-refractivity contribution in [3.8, 4) is 0 Å². The summed E-state index contributed by atoms with van der Waals surface area (Å²) in [5, 5.41) is 6.00. The standard InChI is InChI=1S/C25H34N4O2/c1-7-29(8-2)12-11-26-25(31)23-16(5)21(27-17(23)6)14-20-19-10-9-18(15(3)4)13-22(19)28-24(20)30/h9-10,13-15,27H,7-8,11-12H2,1-6H3,(H,26,31)(H,28,30). The number of carbonyl (C=O) groups is 2. The van der Waals surface area contributed by atoms with Crippen LogP contribution in [0.25, 0.3) is 11.6 Å². The number of fused-ring (bicyclic) bond motifs is 1. The van der Waals surface area contributed by atoms with Gasteiger partial charge in [-0.1, -0.05) is 39.8 Å². The molecule has 1 aliphatic rings. The second kappa shape index (κ2) is 9.52. The SMILES string of the molecule is CCN(CC)CCNC(=O)c1c(C)[nH]c(C=C2C(=O)Nc3cc(C(C)C)ccc32)c1C. The average molecular weight is 423 g/mol. The van der Waals surface area contributed by atoms with Gasteiger partial charge in [-0.25, -0.2) is 0 Å². The molecule has 1 aromatic heterocycles. The van der Waals surface area contributed by atoms with E-state index in [0.29, 0.717) is 23.6 Å². The van der Waals surface area contributed by atoms with Crippen LogP contribution in [0.2, 0.25) is 0 Å². The van der Waals surface area contributed by atoms with Crippen LogP contribution in [0.1, 0.15) is 72.0 Å². The van der Waals surface area contributed by atoms with Gasteiger partial charge >= 0.3 is 0 Å². The molecule has 0 bridgehead atoms. The lowest BCUT2D eigenvalue weighted by molar-refractivity contribution is -0.110. The van der Waals surface area contributed by atoms with Crippen LogP contribution in [0.3, 0.4) is 0 Å². The first-order valence-electron chi connectivity index (χ1n) is 11.1. The predicted molar refractivity (Wildman–Crippen MR) is 127 cm³/mol. The van der Waals surface area contributed by atoms with E-state index < -0.39 is 0 Å². The smallest absolute Gasteiger partial charge is 0.256 e. The van der Waals surface area contributed by atoms with Crippen LogP contribution in [0.15, 0.2) is 18.2 Å². The van der Waals surface area contributed by atoms with E-state index in [-0.39, 0.29) is 11.8 Å². The van der Waals surface area contributed by atoms with E-state index in [2.05, 4.69) is 54.3 Å². The Labute approximate surface area is 185 Å². The van der Waals surface area contributed by atoms with Gasteiger partial charge in [-0.2, -0.15) is 0 Å².